The molecule has 0 spiro atoms. The first-order valence-electron chi connectivity index (χ1n) is 11.1. The summed E-state index contributed by atoms with van der Waals surface area (Å²) in [5.74, 6) is 0.263. The number of nitrogens with zero attached hydrogens (tertiary/aromatic N) is 5. The molecule has 1 aliphatic rings. The fourth-order valence-corrected chi connectivity index (χ4v) is 4.60. The fraction of sp³-hybridized carbons (Fsp3) is 0.280. The molecule has 4 aromatic rings. The third kappa shape index (κ3) is 4.44. The van der Waals surface area contributed by atoms with E-state index in [1.807, 2.05) is 16.8 Å². The van der Waals surface area contributed by atoms with Gasteiger partial charge in [-0.15, -0.1) is 0 Å². The Bertz CT molecular complexity index is 1320. The van der Waals surface area contributed by atoms with Crippen LogP contribution in [0.15, 0.2) is 55.1 Å². The Morgan fingerprint density at radius 1 is 1.12 bits per heavy atom. The molecule has 0 atom stereocenters. The maximum atomic E-state index is 13.9. The van der Waals surface area contributed by atoms with E-state index < -0.39 is 0 Å². The molecule has 0 unspecified atom stereocenters. The second-order valence-electron chi connectivity index (χ2n) is 8.31. The largest absolute Gasteiger partial charge is 0.495 e. The minimum atomic E-state index is -0.256. The quantitative estimate of drug-likeness (QED) is 0.449. The Balaban J connectivity index is 1.33. The monoisotopic (exact) mass is 481 g/mol. The third-order valence-electron chi connectivity index (χ3n) is 6.26. The van der Waals surface area contributed by atoms with Crippen molar-refractivity contribution in [1.82, 2.24) is 19.3 Å². The number of halogens is 2. The smallest absolute Gasteiger partial charge is 0.145 e. The number of aromatic nitrogens is 3. The molecule has 34 heavy (non-hydrogen) atoms. The van der Waals surface area contributed by atoms with Gasteiger partial charge >= 0.3 is 0 Å². The van der Waals surface area contributed by atoms with Gasteiger partial charge in [0.05, 0.1) is 30.6 Å². The van der Waals surface area contributed by atoms with E-state index in [1.165, 1.54) is 6.20 Å². The van der Waals surface area contributed by atoms with Crippen molar-refractivity contribution in [3.63, 3.8) is 0 Å². The summed E-state index contributed by atoms with van der Waals surface area (Å²) in [4.78, 5) is 13.2. The molecule has 0 saturated carbocycles. The van der Waals surface area contributed by atoms with E-state index in [4.69, 9.17) is 21.3 Å². The van der Waals surface area contributed by atoms with Gasteiger partial charge < -0.3 is 19.1 Å². The fourth-order valence-electron chi connectivity index (χ4n) is 4.36. The van der Waals surface area contributed by atoms with Crippen molar-refractivity contribution in [3.05, 3.63) is 77.1 Å². The Labute approximate surface area is 202 Å². The lowest BCUT2D eigenvalue weighted by molar-refractivity contribution is 0.246. The number of aliphatic hydroxyl groups excluding tert-OH is 1. The Kier molecular flexibility index (Phi) is 6.36. The normalized spacial score (nSPS) is 14.6. The molecule has 0 radical (unpaired) electrons. The third-order valence-corrected chi connectivity index (χ3v) is 6.55. The Morgan fingerprint density at radius 3 is 2.68 bits per heavy atom. The van der Waals surface area contributed by atoms with Gasteiger partial charge in [-0.05, 0) is 29.8 Å². The first kappa shape index (κ1) is 22.6. The van der Waals surface area contributed by atoms with Crippen molar-refractivity contribution in [1.29, 1.82) is 0 Å². The van der Waals surface area contributed by atoms with Crippen LogP contribution < -0.4 is 9.64 Å². The van der Waals surface area contributed by atoms with Gasteiger partial charge in [0.2, 0.25) is 0 Å². The van der Waals surface area contributed by atoms with E-state index in [9.17, 15) is 9.50 Å². The molecule has 0 aliphatic carbocycles. The number of pyridine rings is 2. The maximum Gasteiger partial charge on any atom is 0.145 e. The number of aliphatic hydroxyl groups is 1. The van der Waals surface area contributed by atoms with Crippen LogP contribution in [0.4, 0.5) is 10.1 Å². The summed E-state index contributed by atoms with van der Waals surface area (Å²) in [5.41, 5.74) is 4.78. The Hall–Kier alpha value is -3.20. The molecule has 176 valence electrons. The summed E-state index contributed by atoms with van der Waals surface area (Å²) in [5, 5.41) is 10.3. The second-order valence-corrected chi connectivity index (χ2v) is 8.72. The number of methoxy groups -OCH3 is 1. The zero-order valence-corrected chi connectivity index (χ0v) is 19.5. The second kappa shape index (κ2) is 9.58. The molecule has 1 aliphatic heterocycles. The van der Waals surface area contributed by atoms with Gasteiger partial charge in [-0.2, -0.15) is 0 Å². The SMILES string of the molecule is COc1cc(CO)c(-c2cn3ccc(N4CCN(Cc5ccncc5F)CC4)cc3n2)cc1Cl. The first-order valence-corrected chi connectivity index (χ1v) is 11.5. The maximum absolute atomic E-state index is 13.9. The van der Waals surface area contributed by atoms with E-state index in [0.717, 1.165) is 48.8 Å². The highest BCUT2D eigenvalue weighted by Crippen LogP contribution is 2.34. The minimum absolute atomic E-state index is 0.143. The van der Waals surface area contributed by atoms with Crippen molar-refractivity contribution in [2.75, 3.05) is 38.2 Å². The molecular weight excluding hydrogens is 457 g/mol. The van der Waals surface area contributed by atoms with Crippen LogP contribution in [0.1, 0.15) is 11.1 Å². The molecule has 1 aromatic carbocycles. The molecule has 1 fully saturated rings. The topological polar surface area (TPSA) is 66.1 Å². The average Bonchev–Trinajstić information content (AvgIpc) is 3.29. The van der Waals surface area contributed by atoms with Crippen molar-refractivity contribution in [2.24, 2.45) is 0 Å². The predicted molar refractivity (Wildman–Crippen MR) is 130 cm³/mol. The first-order chi connectivity index (χ1) is 16.6. The van der Waals surface area contributed by atoms with Crippen LogP contribution in [0.25, 0.3) is 16.9 Å². The van der Waals surface area contributed by atoms with Crippen LogP contribution in [0.2, 0.25) is 5.02 Å². The van der Waals surface area contributed by atoms with Crippen molar-refractivity contribution in [2.45, 2.75) is 13.2 Å². The number of hydrogen-bond acceptors (Lipinski definition) is 6. The number of ether oxygens (including phenoxy) is 1. The van der Waals surface area contributed by atoms with Crippen LogP contribution >= 0.6 is 11.6 Å². The highest BCUT2D eigenvalue weighted by Gasteiger charge is 2.19. The number of rotatable bonds is 6. The van der Waals surface area contributed by atoms with Gasteiger partial charge in [-0.25, -0.2) is 9.37 Å². The molecule has 3 aromatic heterocycles. The number of hydrogen-bond donors (Lipinski definition) is 1. The van der Waals surface area contributed by atoms with Gasteiger partial charge in [0.1, 0.15) is 17.2 Å². The summed E-state index contributed by atoms with van der Waals surface area (Å²) in [6.45, 7) is 3.82. The van der Waals surface area contributed by atoms with Crippen molar-refractivity contribution >= 4 is 22.9 Å². The van der Waals surface area contributed by atoms with Crippen LogP contribution in [0, 0.1) is 5.82 Å². The summed E-state index contributed by atoms with van der Waals surface area (Å²) >= 11 is 6.33. The molecule has 1 N–H and O–H groups in total. The lowest BCUT2D eigenvalue weighted by atomic mass is 10.1. The van der Waals surface area contributed by atoms with Crippen LogP contribution in [-0.2, 0) is 13.2 Å². The zero-order valence-electron chi connectivity index (χ0n) is 18.8. The molecule has 5 rings (SSSR count). The van der Waals surface area contributed by atoms with Gasteiger partial charge in [0.15, 0.2) is 0 Å². The molecule has 0 bridgehead atoms. The number of benzene rings is 1. The van der Waals surface area contributed by atoms with Gasteiger partial charge in [-0.1, -0.05) is 11.6 Å². The van der Waals surface area contributed by atoms with Crippen LogP contribution in [-0.4, -0.2) is 57.7 Å². The lowest BCUT2D eigenvalue weighted by Crippen LogP contribution is -2.46. The Morgan fingerprint density at radius 2 is 1.94 bits per heavy atom. The van der Waals surface area contributed by atoms with Gasteiger partial charge in [0, 0.05) is 74.2 Å². The van der Waals surface area contributed by atoms with Crippen molar-refractivity contribution < 1.29 is 14.2 Å². The number of piperazine rings is 1. The van der Waals surface area contributed by atoms with Gasteiger partial charge in [-0.3, -0.25) is 9.88 Å². The molecule has 7 nitrogen and oxygen atoms in total. The summed E-state index contributed by atoms with van der Waals surface area (Å²) in [6, 6.07) is 9.39. The molecule has 4 heterocycles. The number of imidazole rings is 1. The van der Waals surface area contributed by atoms with E-state index in [0.29, 0.717) is 28.4 Å². The average molecular weight is 482 g/mol. The lowest BCUT2D eigenvalue weighted by Gasteiger charge is -2.36. The molecular formula is C25H25ClFN5O2. The van der Waals surface area contributed by atoms with E-state index >= 15 is 0 Å². The highest BCUT2D eigenvalue weighted by molar-refractivity contribution is 6.32. The minimum Gasteiger partial charge on any atom is -0.495 e. The predicted octanol–water partition coefficient (Wildman–Crippen LogP) is 4.01. The standard InChI is InChI=1S/C25H25ClFN5O2/c1-34-24-10-18(16-33)20(12-21(24)26)23-15-32-5-3-19(11-25(32)29-23)31-8-6-30(7-9-31)14-17-2-4-28-13-22(17)27/h2-5,10-13,15,33H,6-9,14,16H2,1H3. The van der Waals surface area contributed by atoms with Crippen LogP contribution in [0.5, 0.6) is 5.75 Å². The molecule has 9 heteroatoms. The van der Waals surface area contributed by atoms with E-state index in [-0.39, 0.29) is 12.4 Å². The van der Waals surface area contributed by atoms with E-state index in [2.05, 4.69) is 26.9 Å². The zero-order chi connectivity index (χ0) is 23.7. The van der Waals surface area contributed by atoms with Gasteiger partial charge in [0.25, 0.3) is 0 Å². The van der Waals surface area contributed by atoms with Crippen molar-refractivity contribution in [3.8, 4) is 17.0 Å². The van der Waals surface area contributed by atoms with E-state index in [1.54, 1.807) is 31.5 Å². The molecule has 0 amide bonds. The number of fused-ring (bicyclic) bond motifs is 1. The number of anilines is 1. The summed E-state index contributed by atoms with van der Waals surface area (Å²) in [7, 11) is 1.55. The van der Waals surface area contributed by atoms with Crippen LogP contribution in [0.3, 0.4) is 0 Å². The summed E-state index contributed by atoms with van der Waals surface area (Å²) in [6.07, 6.45) is 6.82. The summed E-state index contributed by atoms with van der Waals surface area (Å²) < 4.78 is 21.2. The highest BCUT2D eigenvalue weighted by atomic mass is 35.5. The molecule has 1 saturated heterocycles.